The van der Waals surface area contributed by atoms with Crippen molar-refractivity contribution in [2.75, 3.05) is 25.5 Å². The van der Waals surface area contributed by atoms with E-state index >= 15 is 0 Å². The smallest absolute Gasteiger partial charge is 0.319 e. The maximum absolute atomic E-state index is 12.9. The number of nitrogens with one attached hydrogen (secondary N) is 2. The van der Waals surface area contributed by atoms with Crippen molar-refractivity contribution >= 4 is 21.7 Å². The Bertz CT molecular complexity index is 1190. The molecule has 184 valence electrons. The van der Waals surface area contributed by atoms with E-state index in [4.69, 9.17) is 0 Å². The highest BCUT2D eigenvalue weighted by molar-refractivity contribution is 7.89. The maximum atomic E-state index is 12.9. The third-order valence-electron chi connectivity index (χ3n) is 6.24. The Balaban J connectivity index is 1.25. The predicted molar refractivity (Wildman–Crippen MR) is 138 cm³/mol. The van der Waals surface area contributed by atoms with Crippen LogP contribution >= 0.6 is 0 Å². The van der Waals surface area contributed by atoms with Gasteiger partial charge in [0.15, 0.2) is 0 Å². The summed E-state index contributed by atoms with van der Waals surface area (Å²) in [6.07, 6.45) is 1.79. The summed E-state index contributed by atoms with van der Waals surface area (Å²) in [5.74, 6) is 0. The number of piperidine rings is 1. The van der Waals surface area contributed by atoms with Gasteiger partial charge >= 0.3 is 6.03 Å². The number of sulfonamides is 1. The van der Waals surface area contributed by atoms with Gasteiger partial charge in [0, 0.05) is 45.0 Å². The number of hydrogen-bond acceptors (Lipinski definition) is 4. The summed E-state index contributed by atoms with van der Waals surface area (Å²) in [5.41, 5.74) is 2.77. The van der Waals surface area contributed by atoms with Crippen LogP contribution in [-0.4, -0.2) is 49.8 Å². The van der Waals surface area contributed by atoms with Gasteiger partial charge in [-0.3, -0.25) is 4.90 Å². The largest absolute Gasteiger partial charge is 0.335 e. The number of amides is 2. The molecule has 1 fully saturated rings. The summed E-state index contributed by atoms with van der Waals surface area (Å²) in [7, 11) is -2.07. The fourth-order valence-corrected chi connectivity index (χ4v) is 5.40. The molecule has 1 saturated heterocycles. The molecular weight excluding hydrogens is 460 g/mol. The lowest BCUT2D eigenvalue weighted by Gasteiger charge is -2.32. The van der Waals surface area contributed by atoms with Crippen molar-refractivity contribution in [3.05, 3.63) is 96.1 Å². The van der Waals surface area contributed by atoms with Crippen LogP contribution in [0, 0.1) is 0 Å². The van der Waals surface area contributed by atoms with Gasteiger partial charge in [-0.15, -0.1) is 0 Å². The topological polar surface area (TPSA) is 81.8 Å². The normalized spacial score (nSPS) is 15.1. The van der Waals surface area contributed by atoms with E-state index in [9.17, 15) is 13.2 Å². The van der Waals surface area contributed by atoms with Crippen LogP contribution in [0.1, 0.15) is 24.0 Å². The Kier molecular flexibility index (Phi) is 8.17. The standard InChI is InChI=1S/C27H32N4O3S/c1-30(20-22-8-4-2-5-9-22)35(33,34)26-14-12-24(13-15-26)28-27(32)29-25-16-18-31(19-17-25)21-23-10-6-3-7-11-23/h2-15,25H,16-21H2,1H3,(H2,28,29,32). The fourth-order valence-electron chi connectivity index (χ4n) is 4.25. The van der Waals surface area contributed by atoms with Crippen LogP contribution in [0.15, 0.2) is 89.8 Å². The number of benzene rings is 3. The molecule has 3 aromatic carbocycles. The monoisotopic (exact) mass is 492 g/mol. The number of hydrogen-bond donors (Lipinski definition) is 2. The molecule has 4 rings (SSSR count). The molecule has 1 aliphatic rings. The molecule has 2 N–H and O–H groups in total. The van der Waals surface area contributed by atoms with E-state index in [-0.39, 0.29) is 23.5 Å². The van der Waals surface area contributed by atoms with Crippen LogP contribution in [0.2, 0.25) is 0 Å². The van der Waals surface area contributed by atoms with Crippen molar-refractivity contribution < 1.29 is 13.2 Å². The average Bonchev–Trinajstić information content (AvgIpc) is 2.87. The van der Waals surface area contributed by atoms with Crippen molar-refractivity contribution in [1.82, 2.24) is 14.5 Å². The molecule has 0 saturated carbocycles. The highest BCUT2D eigenvalue weighted by Crippen LogP contribution is 2.20. The van der Waals surface area contributed by atoms with E-state index < -0.39 is 10.0 Å². The van der Waals surface area contributed by atoms with Gasteiger partial charge in [0.2, 0.25) is 10.0 Å². The summed E-state index contributed by atoms with van der Waals surface area (Å²) in [6.45, 7) is 3.08. The van der Waals surface area contributed by atoms with Gasteiger partial charge < -0.3 is 10.6 Å². The summed E-state index contributed by atoms with van der Waals surface area (Å²) < 4.78 is 27.1. The van der Waals surface area contributed by atoms with Gasteiger partial charge in [-0.1, -0.05) is 60.7 Å². The number of rotatable bonds is 8. The van der Waals surface area contributed by atoms with Gasteiger partial charge in [0.05, 0.1) is 4.90 Å². The van der Waals surface area contributed by atoms with Crippen molar-refractivity contribution in [3.63, 3.8) is 0 Å². The Morgan fingerprint density at radius 1 is 0.886 bits per heavy atom. The quantitative estimate of drug-likeness (QED) is 0.491. The first-order valence-corrected chi connectivity index (χ1v) is 13.3. The van der Waals surface area contributed by atoms with E-state index in [2.05, 4.69) is 39.8 Å². The van der Waals surface area contributed by atoms with Crippen molar-refractivity contribution in [3.8, 4) is 0 Å². The number of likely N-dealkylation sites (tertiary alicyclic amines) is 1. The molecule has 35 heavy (non-hydrogen) atoms. The minimum Gasteiger partial charge on any atom is -0.335 e. The van der Waals surface area contributed by atoms with Crippen molar-refractivity contribution in [1.29, 1.82) is 0 Å². The molecule has 8 heteroatoms. The summed E-state index contributed by atoms with van der Waals surface area (Å²) in [6, 6.07) is 26.0. The average molecular weight is 493 g/mol. The zero-order valence-corrected chi connectivity index (χ0v) is 20.7. The van der Waals surface area contributed by atoms with E-state index in [0.29, 0.717) is 5.69 Å². The van der Waals surface area contributed by atoms with E-state index in [1.807, 2.05) is 36.4 Å². The Morgan fingerprint density at radius 3 is 2.06 bits per heavy atom. The SMILES string of the molecule is CN(Cc1ccccc1)S(=O)(=O)c1ccc(NC(=O)NC2CCN(Cc3ccccc3)CC2)cc1. The minimum absolute atomic E-state index is 0.119. The van der Waals surface area contributed by atoms with Crippen LogP contribution in [0.25, 0.3) is 0 Å². The van der Waals surface area contributed by atoms with Crippen LogP contribution in [0.3, 0.4) is 0 Å². The lowest BCUT2D eigenvalue weighted by Crippen LogP contribution is -2.45. The fraction of sp³-hybridized carbons (Fsp3) is 0.296. The summed E-state index contributed by atoms with van der Waals surface area (Å²) in [5, 5.41) is 5.85. The van der Waals surface area contributed by atoms with Gasteiger partial charge in [-0.2, -0.15) is 4.31 Å². The number of anilines is 1. The van der Waals surface area contributed by atoms with E-state index in [1.54, 1.807) is 19.2 Å². The second kappa shape index (κ2) is 11.5. The van der Waals surface area contributed by atoms with Gasteiger partial charge in [-0.25, -0.2) is 13.2 Å². The second-order valence-electron chi connectivity index (χ2n) is 8.91. The zero-order valence-electron chi connectivity index (χ0n) is 19.9. The highest BCUT2D eigenvalue weighted by Gasteiger charge is 2.22. The predicted octanol–water partition coefficient (Wildman–Crippen LogP) is 4.29. The molecule has 0 atom stereocenters. The molecular formula is C27H32N4O3S. The molecule has 0 aromatic heterocycles. The molecule has 0 unspecified atom stereocenters. The van der Waals surface area contributed by atoms with Gasteiger partial charge in [0.1, 0.15) is 0 Å². The minimum atomic E-state index is -3.63. The second-order valence-corrected chi connectivity index (χ2v) is 11.0. The Hall–Kier alpha value is -3.20. The first-order chi connectivity index (χ1) is 16.9. The molecule has 0 aliphatic carbocycles. The lowest BCUT2D eigenvalue weighted by atomic mass is 10.0. The number of urea groups is 1. The van der Waals surface area contributed by atoms with Gasteiger partial charge in [0.25, 0.3) is 0 Å². The lowest BCUT2D eigenvalue weighted by molar-refractivity contribution is 0.190. The van der Waals surface area contributed by atoms with E-state index in [0.717, 1.165) is 38.0 Å². The third-order valence-corrected chi connectivity index (χ3v) is 8.06. The first kappa shape index (κ1) is 24.9. The Morgan fingerprint density at radius 2 is 1.46 bits per heavy atom. The molecule has 0 bridgehead atoms. The van der Waals surface area contributed by atoms with Crippen LogP contribution in [0.4, 0.5) is 10.5 Å². The van der Waals surface area contributed by atoms with Crippen LogP contribution in [0.5, 0.6) is 0 Å². The van der Waals surface area contributed by atoms with Crippen LogP contribution < -0.4 is 10.6 Å². The molecule has 3 aromatic rings. The molecule has 0 spiro atoms. The van der Waals surface area contributed by atoms with Crippen molar-refractivity contribution in [2.24, 2.45) is 0 Å². The summed E-state index contributed by atoms with van der Waals surface area (Å²) >= 11 is 0. The Labute approximate surface area is 207 Å². The number of carbonyl (C=O) groups excluding carboxylic acids is 1. The zero-order chi connectivity index (χ0) is 24.7. The maximum Gasteiger partial charge on any atom is 0.319 e. The highest BCUT2D eigenvalue weighted by atomic mass is 32.2. The van der Waals surface area contributed by atoms with E-state index in [1.165, 1.54) is 22.0 Å². The molecule has 2 amide bonds. The number of carbonyl (C=O) groups is 1. The number of nitrogens with zero attached hydrogens (tertiary/aromatic N) is 2. The summed E-state index contributed by atoms with van der Waals surface area (Å²) in [4.78, 5) is 15.1. The third kappa shape index (κ3) is 6.91. The molecule has 0 radical (unpaired) electrons. The van der Waals surface area contributed by atoms with Crippen LogP contribution in [-0.2, 0) is 23.1 Å². The van der Waals surface area contributed by atoms with Crippen molar-refractivity contribution in [2.45, 2.75) is 36.9 Å². The molecule has 1 aliphatic heterocycles. The molecule has 7 nitrogen and oxygen atoms in total. The molecule has 1 heterocycles. The van der Waals surface area contributed by atoms with Gasteiger partial charge in [-0.05, 0) is 48.2 Å². The first-order valence-electron chi connectivity index (χ1n) is 11.8.